The Hall–Kier alpha value is -1.72. The Bertz CT molecular complexity index is 705. The van der Waals surface area contributed by atoms with Crippen LogP contribution in [0, 0.1) is 13.8 Å². The molecule has 0 unspecified atom stereocenters. The monoisotopic (exact) mass is 378 g/mol. The van der Waals surface area contributed by atoms with E-state index in [2.05, 4.69) is 0 Å². The Balaban J connectivity index is 2.25. The molecule has 3 nitrogen and oxygen atoms in total. The third-order valence-electron chi connectivity index (χ3n) is 2.73. The zero-order chi connectivity index (χ0) is 16.3. The van der Waals surface area contributed by atoms with E-state index >= 15 is 0 Å². The van der Waals surface area contributed by atoms with Gasteiger partial charge in [0.05, 0.1) is 0 Å². The Morgan fingerprint density at radius 1 is 1.18 bits per heavy atom. The molecule has 1 aromatic heterocycles. The fraction of sp³-hybridized carbons (Fsp3) is 0.267. The van der Waals surface area contributed by atoms with Crippen LogP contribution < -0.4 is 14.8 Å². The molecule has 2 rings (SSSR count). The summed E-state index contributed by atoms with van der Waals surface area (Å²) in [6, 6.07) is 8.72. The van der Waals surface area contributed by atoms with Gasteiger partial charge in [0.2, 0.25) is 0 Å². The van der Waals surface area contributed by atoms with Gasteiger partial charge in [0.15, 0.2) is 0 Å². The van der Waals surface area contributed by atoms with Gasteiger partial charge in [-0.2, -0.15) is 0 Å². The normalized spacial score (nSPS) is 11.5. The van der Waals surface area contributed by atoms with Crippen molar-refractivity contribution in [2.45, 2.75) is 25.5 Å². The van der Waals surface area contributed by atoms with Crippen LogP contribution in [0.3, 0.4) is 0 Å². The molecule has 0 amide bonds. The fourth-order valence-corrected chi connectivity index (χ4v) is 2.94. The standard InChI is InChI=1S/C15H13F3O3Se/c1-9-3-5-11(6-4-9)8-20-12-7-10(2)21-14(19)13(12)22-15(16,17)18/h3-7H,8H2,1-2H3. The molecule has 7 heteroatoms. The average Bonchev–Trinajstić information content (AvgIpc) is 2.40. The van der Waals surface area contributed by atoms with Crippen LogP contribution in [0.15, 0.2) is 39.5 Å². The predicted octanol–water partition coefficient (Wildman–Crippen LogP) is 2.68. The summed E-state index contributed by atoms with van der Waals surface area (Å²) in [6.07, 6.45) is 0. The van der Waals surface area contributed by atoms with Crippen molar-refractivity contribution in [2.75, 3.05) is 0 Å². The van der Waals surface area contributed by atoms with Crippen LogP contribution in [-0.2, 0) is 6.61 Å². The van der Waals surface area contributed by atoms with Gasteiger partial charge in [-0.15, -0.1) is 0 Å². The molecule has 0 saturated heterocycles. The van der Waals surface area contributed by atoms with E-state index in [0.29, 0.717) is 0 Å². The maximum atomic E-state index is 12.6. The van der Waals surface area contributed by atoms with Gasteiger partial charge in [-0.05, 0) is 0 Å². The van der Waals surface area contributed by atoms with Crippen molar-refractivity contribution in [3.63, 3.8) is 0 Å². The first-order valence-electron chi connectivity index (χ1n) is 6.33. The van der Waals surface area contributed by atoms with Crippen LogP contribution in [0.1, 0.15) is 16.9 Å². The molecule has 2 aromatic rings. The molecule has 0 aliphatic heterocycles. The minimum atomic E-state index is -4.45. The zero-order valence-corrected chi connectivity index (χ0v) is 13.6. The summed E-state index contributed by atoms with van der Waals surface area (Å²) in [5.41, 5.74) is 0.888. The number of aryl methyl sites for hydroxylation is 2. The number of rotatable bonds is 4. The van der Waals surface area contributed by atoms with E-state index in [1.807, 2.05) is 31.2 Å². The first kappa shape index (κ1) is 16.6. The minimum absolute atomic E-state index is 0.0633. The van der Waals surface area contributed by atoms with Crippen LogP contribution >= 0.6 is 0 Å². The van der Waals surface area contributed by atoms with Crippen molar-refractivity contribution in [1.29, 1.82) is 0 Å². The van der Waals surface area contributed by atoms with Gasteiger partial charge in [0.1, 0.15) is 0 Å². The van der Waals surface area contributed by atoms with E-state index in [1.54, 1.807) is 0 Å². The van der Waals surface area contributed by atoms with Crippen molar-refractivity contribution < 1.29 is 22.3 Å². The molecule has 0 aliphatic carbocycles. The van der Waals surface area contributed by atoms with Crippen molar-refractivity contribution in [1.82, 2.24) is 0 Å². The Kier molecular flexibility index (Phi) is 4.98. The molecule has 118 valence electrons. The van der Waals surface area contributed by atoms with E-state index in [0.717, 1.165) is 11.1 Å². The van der Waals surface area contributed by atoms with Crippen LogP contribution in [0.5, 0.6) is 5.75 Å². The summed E-state index contributed by atoms with van der Waals surface area (Å²) in [7, 11) is 0. The molecule has 0 fully saturated rings. The average molecular weight is 377 g/mol. The van der Waals surface area contributed by atoms with Crippen molar-refractivity contribution in [3.8, 4) is 5.75 Å². The molecule has 1 aromatic carbocycles. The topological polar surface area (TPSA) is 39.4 Å². The van der Waals surface area contributed by atoms with E-state index in [9.17, 15) is 18.0 Å². The number of benzene rings is 1. The summed E-state index contributed by atoms with van der Waals surface area (Å²) in [5, 5.41) is -4.45. The van der Waals surface area contributed by atoms with Crippen LogP contribution in [0.4, 0.5) is 13.2 Å². The van der Waals surface area contributed by atoms with Crippen molar-refractivity contribution in [2.24, 2.45) is 0 Å². The number of hydrogen-bond acceptors (Lipinski definition) is 3. The second-order valence-corrected chi connectivity index (χ2v) is 6.92. The van der Waals surface area contributed by atoms with Gasteiger partial charge in [0, 0.05) is 0 Å². The van der Waals surface area contributed by atoms with Crippen LogP contribution in [-0.4, -0.2) is 20.0 Å². The summed E-state index contributed by atoms with van der Waals surface area (Å²) < 4.78 is 47.5. The Morgan fingerprint density at radius 2 is 1.82 bits per heavy atom. The first-order chi connectivity index (χ1) is 10.2. The zero-order valence-electron chi connectivity index (χ0n) is 11.9. The molecule has 1 heterocycles. The van der Waals surface area contributed by atoms with E-state index in [-0.39, 0.29) is 18.1 Å². The van der Waals surface area contributed by atoms with Gasteiger partial charge in [0.25, 0.3) is 0 Å². The molecular formula is C15H13F3O3Se. The second-order valence-electron chi connectivity index (χ2n) is 4.66. The molecule has 0 aliphatic rings. The molecule has 22 heavy (non-hydrogen) atoms. The molecule has 0 radical (unpaired) electrons. The summed E-state index contributed by atoms with van der Waals surface area (Å²) in [4.78, 5) is 11.7. The third-order valence-corrected chi connectivity index (χ3v) is 4.42. The summed E-state index contributed by atoms with van der Waals surface area (Å²) >= 11 is -2.01. The quantitative estimate of drug-likeness (QED) is 0.770. The molecule has 0 saturated carbocycles. The molecule has 0 atom stereocenters. The van der Waals surface area contributed by atoms with E-state index in [4.69, 9.17) is 9.15 Å². The second kappa shape index (κ2) is 6.58. The van der Waals surface area contributed by atoms with Gasteiger partial charge in [-0.25, -0.2) is 0 Å². The number of alkyl halides is 3. The Labute approximate surface area is 131 Å². The van der Waals surface area contributed by atoms with Gasteiger partial charge < -0.3 is 0 Å². The number of ether oxygens (including phenoxy) is 1. The van der Waals surface area contributed by atoms with Crippen molar-refractivity contribution >= 4 is 19.4 Å². The SMILES string of the molecule is Cc1ccc(COc2cc(C)oc(=O)c2[Se]C(F)(F)F)cc1. The predicted molar refractivity (Wildman–Crippen MR) is 76.7 cm³/mol. The first-order valence-corrected chi connectivity index (χ1v) is 8.05. The Morgan fingerprint density at radius 3 is 2.41 bits per heavy atom. The molecular weight excluding hydrogens is 364 g/mol. The molecule has 0 N–H and O–H groups in total. The van der Waals surface area contributed by atoms with E-state index in [1.165, 1.54) is 13.0 Å². The number of hydrogen-bond donors (Lipinski definition) is 0. The third kappa shape index (κ3) is 4.64. The van der Waals surface area contributed by atoms with Gasteiger partial charge in [-0.1, -0.05) is 0 Å². The van der Waals surface area contributed by atoms with Crippen molar-refractivity contribution in [3.05, 3.63) is 57.6 Å². The van der Waals surface area contributed by atoms with E-state index < -0.39 is 30.1 Å². The molecule has 0 spiro atoms. The summed E-state index contributed by atoms with van der Waals surface area (Å²) in [5.74, 6) is 0.150. The van der Waals surface area contributed by atoms with Gasteiger partial charge in [-0.3, -0.25) is 0 Å². The van der Waals surface area contributed by atoms with Crippen LogP contribution in [0.25, 0.3) is 0 Å². The molecule has 0 bridgehead atoms. The number of halogens is 3. The maximum absolute atomic E-state index is 12.6. The van der Waals surface area contributed by atoms with Gasteiger partial charge >= 0.3 is 131 Å². The fourth-order valence-electron chi connectivity index (χ4n) is 1.73. The van der Waals surface area contributed by atoms with Crippen LogP contribution in [0.2, 0.25) is 0 Å². The summed E-state index contributed by atoms with van der Waals surface area (Å²) in [6.45, 7) is 3.51.